The van der Waals surface area contributed by atoms with Gasteiger partial charge in [-0.2, -0.15) is 0 Å². The molecule has 2 N–H and O–H groups in total. The number of carbonyl (C=O) groups excluding carboxylic acids is 1. The van der Waals surface area contributed by atoms with E-state index in [1.54, 1.807) is 0 Å². The van der Waals surface area contributed by atoms with Crippen LogP contribution in [-0.2, 0) is 4.74 Å². The molecule has 3 aliphatic rings. The Morgan fingerprint density at radius 2 is 1.95 bits per heavy atom. The Morgan fingerprint density at radius 1 is 1.19 bits per heavy atom. The molecule has 4 nitrogen and oxygen atoms in total. The predicted octanol–water partition coefficient (Wildman–Crippen LogP) is 2.99. The van der Waals surface area contributed by atoms with Gasteiger partial charge in [0.15, 0.2) is 0 Å². The van der Waals surface area contributed by atoms with Crippen molar-refractivity contribution in [3.63, 3.8) is 0 Å². The van der Waals surface area contributed by atoms with Crippen LogP contribution in [0.5, 0.6) is 0 Å². The summed E-state index contributed by atoms with van der Waals surface area (Å²) in [6, 6.07) is 1.22. The second-order valence-corrected chi connectivity index (χ2v) is 7.80. The van der Waals surface area contributed by atoms with Crippen molar-refractivity contribution < 1.29 is 9.53 Å². The summed E-state index contributed by atoms with van der Waals surface area (Å²) in [5, 5.41) is 6.84. The third-order valence-corrected chi connectivity index (χ3v) is 5.01. The van der Waals surface area contributed by atoms with Crippen LogP contribution < -0.4 is 10.6 Å². The molecule has 2 saturated carbocycles. The SMILES string of the molecule is CC(C)(C)OC(=O)NC1CCCC1NC1CC2CC=CC21. The molecule has 0 aromatic rings. The number of hydrogen-bond donors (Lipinski definition) is 2. The molecule has 0 bridgehead atoms. The number of hydrogen-bond acceptors (Lipinski definition) is 3. The highest BCUT2D eigenvalue weighted by molar-refractivity contribution is 5.68. The summed E-state index contributed by atoms with van der Waals surface area (Å²) in [5.74, 6) is 1.61. The van der Waals surface area contributed by atoms with Gasteiger partial charge >= 0.3 is 6.09 Å². The van der Waals surface area contributed by atoms with Crippen molar-refractivity contribution in [3.8, 4) is 0 Å². The van der Waals surface area contributed by atoms with E-state index in [-0.39, 0.29) is 12.1 Å². The molecule has 0 spiro atoms. The van der Waals surface area contributed by atoms with Crippen LogP contribution in [0.25, 0.3) is 0 Å². The number of alkyl carbamates (subject to hydrolysis) is 1. The van der Waals surface area contributed by atoms with Crippen LogP contribution in [0.2, 0.25) is 0 Å². The molecule has 3 rings (SSSR count). The summed E-state index contributed by atoms with van der Waals surface area (Å²) in [6.07, 6.45) is 10.3. The predicted molar refractivity (Wildman–Crippen MR) is 83.1 cm³/mol. The maximum absolute atomic E-state index is 11.9. The van der Waals surface area contributed by atoms with Crippen LogP contribution in [0.3, 0.4) is 0 Å². The highest BCUT2D eigenvalue weighted by Crippen LogP contribution is 2.43. The zero-order chi connectivity index (χ0) is 15.0. The van der Waals surface area contributed by atoms with Gasteiger partial charge in [-0.3, -0.25) is 0 Å². The maximum Gasteiger partial charge on any atom is 0.407 e. The first-order chi connectivity index (χ1) is 9.92. The molecule has 21 heavy (non-hydrogen) atoms. The van der Waals surface area contributed by atoms with E-state index in [2.05, 4.69) is 22.8 Å². The van der Waals surface area contributed by atoms with Crippen molar-refractivity contribution in [3.05, 3.63) is 12.2 Å². The number of carbonyl (C=O) groups is 1. The number of ether oxygens (including phenoxy) is 1. The number of amides is 1. The van der Waals surface area contributed by atoms with Gasteiger partial charge in [-0.25, -0.2) is 4.79 Å². The van der Waals surface area contributed by atoms with Gasteiger partial charge in [0.1, 0.15) is 5.60 Å². The molecule has 1 amide bonds. The van der Waals surface area contributed by atoms with Gasteiger partial charge in [0, 0.05) is 18.1 Å². The normalized spacial score (nSPS) is 38.0. The summed E-state index contributed by atoms with van der Waals surface area (Å²) in [5.41, 5.74) is -0.429. The lowest BCUT2D eigenvalue weighted by molar-refractivity contribution is 0.0490. The van der Waals surface area contributed by atoms with Crippen LogP contribution in [0.4, 0.5) is 4.79 Å². The summed E-state index contributed by atoms with van der Waals surface area (Å²) in [6.45, 7) is 5.70. The molecule has 0 aliphatic heterocycles. The van der Waals surface area contributed by atoms with Crippen molar-refractivity contribution >= 4 is 6.09 Å². The summed E-state index contributed by atoms with van der Waals surface area (Å²) in [4.78, 5) is 11.9. The fourth-order valence-electron chi connectivity index (χ4n) is 3.97. The third kappa shape index (κ3) is 3.42. The lowest BCUT2D eigenvalue weighted by Crippen LogP contribution is -2.56. The molecule has 5 atom stereocenters. The fourth-order valence-corrected chi connectivity index (χ4v) is 3.97. The van der Waals surface area contributed by atoms with Crippen LogP contribution >= 0.6 is 0 Å². The second kappa shape index (κ2) is 5.64. The maximum atomic E-state index is 11.9. The minimum Gasteiger partial charge on any atom is -0.444 e. The van der Waals surface area contributed by atoms with Crippen LogP contribution in [0.15, 0.2) is 12.2 Å². The van der Waals surface area contributed by atoms with E-state index in [9.17, 15) is 4.79 Å². The van der Waals surface area contributed by atoms with E-state index < -0.39 is 5.60 Å². The monoisotopic (exact) mass is 292 g/mol. The van der Waals surface area contributed by atoms with Crippen LogP contribution in [-0.4, -0.2) is 29.8 Å². The summed E-state index contributed by atoms with van der Waals surface area (Å²) >= 11 is 0. The fraction of sp³-hybridized carbons (Fsp3) is 0.824. The molecule has 118 valence electrons. The van der Waals surface area contributed by atoms with Gasteiger partial charge in [0.2, 0.25) is 0 Å². The summed E-state index contributed by atoms with van der Waals surface area (Å²) < 4.78 is 5.37. The van der Waals surface area contributed by atoms with Crippen molar-refractivity contribution in [2.45, 2.75) is 76.6 Å². The number of fused-ring (bicyclic) bond motifs is 1. The molecule has 2 fully saturated rings. The second-order valence-electron chi connectivity index (χ2n) is 7.80. The Morgan fingerprint density at radius 3 is 2.67 bits per heavy atom. The van der Waals surface area contributed by atoms with E-state index in [0.29, 0.717) is 12.1 Å². The molecule has 0 aromatic heterocycles. The van der Waals surface area contributed by atoms with Gasteiger partial charge in [0.25, 0.3) is 0 Å². The molecule has 4 heteroatoms. The Bertz CT molecular complexity index is 427. The van der Waals surface area contributed by atoms with E-state index in [1.807, 2.05) is 20.8 Å². The average molecular weight is 292 g/mol. The van der Waals surface area contributed by atoms with Crippen LogP contribution in [0.1, 0.15) is 52.9 Å². The number of allylic oxidation sites excluding steroid dienone is 1. The van der Waals surface area contributed by atoms with Gasteiger partial charge in [-0.1, -0.05) is 12.2 Å². The zero-order valence-electron chi connectivity index (χ0n) is 13.4. The van der Waals surface area contributed by atoms with Crippen LogP contribution in [0, 0.1) is 11.8 Å². The topological polar surface area (TPSA) is 50.4 Å². The number of nitrogens with one attached hydrogen (secondary N) is 2. The van der Waals surface area contributed by atoms with Crippen molar-refractivity contribution in [1.82, 2.24) is 10.6 Å². The molecule has 0 saturated heterocycles. The summed E-state index contributed by atoms with van der Waals surface area (Å²) in [7, 11) is 0. The molecule has 0 aromatic carbocycles. The molecular weight excluding hydrogens is 264 g/mol. The molecule has 0 heterocycles. The highest BCUT2D eigenvalue weighted by Gasteiger charge is 2.43. The Balaban J connectivity index is 1.49. The first kappa shape index (κ1) is 14.9. The lowest BCUT2D eigenvalue weighted by atomic mass is 9.71. The quantitative estimate of drug-likeness (QED) is 0.786. The van der Waals surface area contributed by atoms with E-state index in [0.717, 1.165) is 24.7 Å². The van der Waals surface area contributed by atoms with E-state index in [4.69, 9.17) is 4.74 Å². The zero-order valence-corrected chi connectivity index (χ0v) is 13.4. The molecule has 3 aliphatic carbocycles. The minimum absolute atomic E-state index is 0.212. The number of rotatable bonds is 3. The first-order valence-electron chi connectivity index (χ1n) is 8.34. The Hall–Kier alpha value is -1.03. The first-order valence-corrected chi connectivity index (χ1v) is 8.34. The lowest BCUT2D eigenvalue weighted by Gasteiger charge is -2.43. The minimum atomic E-state index is -0.429. The smallest absolute Gasteiger partial charge is 0.407 e. The largest absolute Gasteiger partial charge is 0.444 e. The highest BCUT2D eigenvalue weighted by atomic mass is 16.6. The van der Waals surface area contributed by atoms with E-state index >= 15 is 0 Å². The average Bonchev–Trinajstić information content (AvgIpc) is 2.90. The van der Waals surface area contributed by atoms with Gasteiger partial charge in [0.05, 0.1) is 0 Å². The molecular formula is C17H28N2O2. The Kier molecular flexibility index (Phi) is 4.00. The van der Waals surface area contributed by atoms with Gasteiger partial charge in [-0.15, -0.1) is 0 Å². The van der Waals surface area contributed by atoms with Crippen molar-refractivity contribution in [1.29, 1.82) is 0 Å². The molecule has 5 unspecified atom stereocenters. The van der Waals surface area contributed by atoms with Gasteiger partial charge < -0.3 is 15.4 Å². The third-order valence-electron chi connectivity index (χ3n) is 5.01. The van der Waals surface area contributed by atoms with Gasteiger partial charge in [-0.05, 0) is 64.7 Å². The van der Waals surface area contributed by atoms with Crippen molar-refractivity contribution in [2.75, 3.05) is 0 Å². The standard InChI is InChI=1S/C17H28N2O2/c1-17(2,3)21-16(20)19-14-9-5-8-13(14)18-15-10-11-6-4-7-12(11)15/h4,7,11-15,18H,5-6,8-10H2,1-3H3,(H,19,20). The van der Waals surface area contributed by atoms with E-state index in [1.165, 1.54) is 19.3 Å². The molecule has 0 radical (unpaired) electrons. The van der Waals surface area contributed by atoms with Crippen molar-refractivity contribution in [2.24, 2.45) is 11.8 Å². The Labute approximate surface area is 127 Å².